The largest absolute Gasteiger partial charge is 0.507 e. The van der Waals surface area contributed by atoms with Gasteiger partial charge in [0.25, 0.3) is 0 Å². The molecule has 38 heavy (non-hydrogen) atoms. The highest BCUT2D eigenvalue weighted by molar-refractivity contribution is 6.20. The SMILES string of the molecule is C=C/C(=C/C)c1c(C=C)c2cccc(C)c2c2c(C=C)ccc(CC(O)c3cccc4c(O)cccc34)c12. The maximum Gasteiger partial charge on any atom is 0.123 e. The van der Waals surface area contributed by atoms with E-state index in [1.54, 1.807) is 6.07 Å². The molecule has 0 amide bonds. The van der Waals surface area contributed by atoms with Crippen LogP contribution in [-0.2, 0) is 6.42 Å². The number of aromatic hydroxyl groups is 1. The molecule has 0 spiro atoms. The summed E-state index contributed by atoms with van der Waals surface area (Å²) in [5.41, 5.74) is 7.16. The van der Waals surface area contributed by atoms with Gasteiger partial charge in [-0.3, -0.25) is 0 Å². The molecule has 0 bridgehead atoms. The predicted octanol–water partition coefficient (Wildman–Crippen LogP) is 9.31. The van der Waals surface area contributed by atoms with E-state index >= 15 is 0 Å². The molecule has 5 rings (SSSR count). The van der Waals surface area contributed by atoms with Gasteiger partial charge in [0.05, 0.1) is 6.10 Å². The molecule has 2 N–H and O–H groups in total. The molecular weight excluding hydrogens is 464 g/mol. The van der Waals surface area contributed by atoms with Gasteiger partial charge in [-0.25, -0.2) is 0 Å². The highest BCUT2D eigenvalue weighted by Crippen LogP contribution is 2.43. The van der Waals surface area contributed by atoms with Crippen molar-refractivity contribution in [2.24, 2.45) is 0 Å². The van der Waals surface area contributed by atoms with Crippen LogP contribution in [0.5, 0.6) is 5.75 Å². The summed E-state index contributed by atoms with van der Waals surface area (Å²) in [7, 11) is 0. The summed E-state index contributed by atoms with van der Waals surface area (Å²) in [5.74, 6) is 0.209. The van der Waals surface area contributed by atoms with Crippen molar-refractivity contribution < 1.29 is 10.2 Å². The van der Waals surface area contributed by atoms with E-state index in [-0.39, 0.29) is 5.75 Å². The Morgan fingerprint density at radius 3 is 2.24 bits per heavy atom. The van der Waals surface area contributed by atoms with E-state index in [2.05, 4.69) is 63.1 Å². The van der Waals surface area contributed by atoms with Crippen molar-refractivity contribution in [3.8, 4) is 5.75 Å². The molecule has 0 saturated carbocycles. The number of benzene rings is 5. The second-order valence-corrected chi connectivity index (χ2v) is 9.65. The Morgan fingerprint density at radius 2 is 1.53 bits per heavy atom. The third kappa shape index (κ3) is 3.95. The van der Waals surface area contributed by atoms with Crippen LogP contribution in [0, 0.1) is 6.92 Å². The number of rotatable bonds is 7. The second kappa shape index (κ2) is 10.2. The van der Waals surface area contributed by atoms with E-state index in [4.69, 9.17) is 0 Å². The minimum atomic E-state index is -0.774. The summed E-state index contributed by atoms with van der Waals surface area (Å²) in [5, 5.41) is 28.1. The van der Waals surface area contributed by atoms with Crippen LogP contribution in [0.2, 0.25) is 0 Å². The lowest BCUT2D eigenvalue weighted by Gasteiger charge is -2.23. The van der Waals surface area contributed by atoms with Gasteiger partial charge < -0.3 is 10.2 Å². The van der Waals surface area contributed by atoms with E-state index in [1.165, 1.54) is 10.9 Å². The molecule has 0 heterocycles. The van der Waals surface area contributed by atoms with Gasteiger partial charge in [0.2, 0.25) is 0 Å². The lowest BCUT2D eigenvalue weighted by molar-refractivity contribution is 0.180. The first kappa shape index (κ1) is 25.3. The molecule has 5 aromatic rings. The monoisotopic (exact) mass is 496 g/mol. The number of fused-ring (bicyclic) bond motifs is 4. The van der Waals surface area contributed by atoms with Crippen LogP contribution in [0.1, 0.15) is 46.4 Å². The molecule has 0 radical (unpaired) electrons. The first-order valence-electron chi connectivity index (χ1n) is 12.9. The zero-order chi connectivity index (χ0) is 27.0. The lowest BCUT2D eigenvalue weighted by atomic mass is 9.81. The summed E-state index contributed by atoms with van der Waals surface area (Å²) >= 11 is 0. The van der Waals surface area contributed by atoms with E-state index < -0.39 is 6.10 Å². The number of phenolic OH excluding ortho intramolecular Hbond substituents is 1. The van der Waals surface area contributed by atoms with Crippen LogP contribution in [0.4, 0.5) is 0 Å². The molecular formula is C36H32O2. The summed E-state index contributed by atoms with van der Waals surface area (Å²) in [4.78, 5) is 0. The second-order valence-electron chi connectivity index (χ2n) is 9.65. The molecule has 1 unspecified atom stereocenters. The summed E-state index contributed by atoms with van der Waals surface area (Å²) in [6.45, 7) is 16.6. The van der Waals surface area contributed by atoms with Crippen LogP contribution in [0.25, 0.3) is 50.0 Å². The number of aliphatic hydroxyl groups is 1. The Bertz CT molecular complexity index is 1790. The molecule has 2 nitrogen and oxygen atoms in total. The van der Waals surface area contributed by atoms with E-state index in [0.29, 0.717) is 6.42 Å². The minimum absolute atomic E-state index is 0.209. The van der Waals surface area contributed by atoms with Crippen molar-refractivity contribution >= 4 is 50.0 Å². The van der Waals surface area contributed by atoms with Crippen LogP contribution >= 0.6 is 0 Å². The standard InChI is InChI=1S/C36H32O2/c1-6-23(7-2)34-26(9-4)30-17-10-13-22(5)33(30)35-24(8-3)19-20-25(36(34)35)21-32(38)29-16-11-15-28-27(29)14-12-18-31(28)37/h6-20,32,37-38H,1,3-4,21H2,2,5H3/b23-7-. The van der Waals surface area contributed by atoms with Gasteiger partial charge in [-0.05, 0) is 85.8 Å². The maximum absolute atomic E-state index is 11.6. The molecule has 0 saturated heterocycles. The Labute approximate surface area is 224 Å². The van der Waals surface area contributed by atoms with Gasteiger partial charge in [-0.1, -0.05) is 105 Å². The van der Waals surface area contributed by atoms with Gasteiger partial charge in [0.1, 0.15) is 5.75 Å². The van der Waals surface area contributed by atoms with E-state index in [9.17, 15) is 10.2 Å². The molecule has 0 fully saturated rings. The highest BCUT2D eigenvalue weighted by Gasteiger charge is 2.22. The third-order valence-electron chi connectivity index (χ3n) is 7.60. The number of hydrogen-bond acceptors (Lipinski definition) is 2. The number of hydrogen-bond donors (Lipinski definition) is 2. The van der Waals surface area contributed by atoms with Crippen molar-refractivity contribution in [1.29, 1.82) is 0 Å². The topological polar surface area (TPSA) is 40.5 Å². The quantitative estimate of drug-likeness (QED) is 0.174. The van der Waals surface area contributed by atoms with Gasteiger partial charge in [0.15, 0.2) is 0 Å². The zero-order valence-electron chi connectivity index (χ0n) is 22.0. The van der Waals surface area contributed by atoms with Crippen molar-refractivity contribution in [1.82, 2.24) is 0 Å². The molecule has 0 aliphatic rings. The fraction of sp³-hybridized carbons (Fsp3) is 0.111. The molecule has 2 heteroatoms. The van der Waals surface area contributed by atoms with Crippen LogP contribution in [-0.4, -0.2) is 10.2 Å². The van der Waals surface area contributed by atoms with Crippen LogP contribution < -0.4 is 0 Å². The number of allylic oxidation sites excluding steroid dienone is 3. The van der Waals surface area contributed by atoms with Gasteiger partial charge in [-0.2, -0.15) is 0 Å². The number of phenols is 1. The summed E-state index contributed by atoms with van der Waals surface area (Å²) in [6, 6.07) is 21.7. The van der Waals surface area contributed by atoms with Gasteiger partial charge in [0, 0.05) is 11.8 Å². The fourth-order valence-corrected chi connectivity index (χ4v) is 5.85. The zero-order valence-corrected chi connectivity index (χ0v) is 22.0. The molecule has 188 valence electrons. The van der Waals surface area contributed by atoms with E-state index in [0.717, 1.165) is 60.3 Å². The Hall–Kier alpha value is -4.40. The van der Waals surface area contributed by atoms with Crippen LogP contribution in [0.3, 0.4) is 0 Å². The van der Waals surface area contributed by atoms with Crippen molar-refractivity contribution in [2.75, 3.05) is 0 Å². The Morgan fingerprint density at radius 1 is 0.816 bits per heavy atom. The Balaban J connectivity index is 1.88. The number of aliphatic hydroxyl groups excluding tert-OH is 1. The van der Waals surface area contributed by atoms with E-state index in [1.807, 2.05) is 55.5 Å². The average molecular weight is 497 g/mol. The molecule has 0 aliphatic heterocycles. The van der Waals surface area contributed by atoms with Gasteiger partial charge in [-0.15, -0.1) is 0 Å². The normalized spacial score (nSPS) is 12.7. The summed E-state index contributed by atoms with van der Waals surface area (Å²) in [6.07, 6.45) is 7.42. The molecule has 5 aromatic carbocycles. The van der Waals surface area contributed by atoms with Gasteiger partial charge >= 0.3 is 0 Å². The first-order chi connectivity index (χ1) is 18.4. The molecule has 0 aromatic heterocycles. The molecule has 1 atom stereocenters. The maximum atomic E-state index is 11.6. The fourth-order valence-electron chi connectivity index (χ4n) is 5.85. The van der Waals surface area contributed by atoms with Crippen molar-refractivity contribution in [2.45, 2.75) is 26.4 Å². The summed E-state index contributed by atoms with van der Waals surface area (Å²) < 4.78 is 0. The Kier molecular flexibility index (Phi) is 6.75. The predicted molar refractivity (Wildman–Crippen MR) is 164 cm³/mol. The smallest absolute Gasteiger partial charge is 0.123 e. The lowest BCUT2D eigenvalue weighted by Crippen LogP contribution is -2.06. The van der Waals surface area contributed by atoms with Crippen molar-refractivity contribution in [3.05, 3.63) is 132 Å². The first-order valence-corrected chi connectivity index (χ1v) is 12.9. The average Bonchev–Trinajstić information content (AvgIpc) is 2.93. The molecule has 0 aliphatic carbocycles. The third-order valence-corrected chi connectivity index (χ3v) is 7.60. The van der Waals surface area contributed by atoms with Crippen LogP contribution in [0.15, 0.2) is 98.6 Å². The highest BCUT2D eigenvalue weighted by atomic mass is 16.3. The van der Waals surface area contributed by atoms with Crippen molar-refractivity contribution in [3.63, 3.8) is 0 Å². The minimum Gasteiger partial charge on any atom is -0.507 e. The number of aryl methyl sites for hydroxylation is 1.